The average molecular weight is 481 g/mol. The highest BCUT2D eigenvalue weighted by Crippen LogP contribution is 2.28. The summed E-state index contributed by atoms with van der Waals surface area (Å²) < 4.78 is 42.6. The molecule has 4 rings (SSSR count). The molecule has 0 aliphatic carbocycles. The first-order valence-corrected chi connectivity index (χ1v) is 11.8. The number of piperidine rings is 1. The van der Waals surface area contributed by atoms with Crippen LogP contribution in [-0.2, 0) is 26.2 Å². The summed E-state index contributed by atoms with van der Waals surface area (Å²) in [5.41, 5.74) is 1.05. The number of sulfonamides is 1. The van der Waals surface area contributed by atoms with Crippen molar-refractivity contribution in [3.63, 3.8) is 0 Å². The van der Waals surface area contributed by atoms with Gasteiger partial charge in [0.05, 0.1) is 5.92 Å². The molecule has 1 aliphatic rings. The first kappa shape index (κ1) is 22.4. The molecule has 0 bridgehead atoms. The van der Waals surface area contributed by atoms with Gasteiger partial charge in [-0.15, -0.1) is 0 Å². The van der Waals surface area contributed by atoms with Crippen LogP contribution < -0.4 is 0 Å². The fraction of sp³-hybridized carbons (Fsp3) is 0.400. The van der Waals surface area contributed by atoms with Crippen LogP contribution >= 0.6 is 11.6 Å². The number of aryl methyl sites for hydroxylation is 2. The van der Waals surface area contributed by atoms with E-state index in [1.807, 2.05) is 0 Å². The van der Waals surface area contributed by atoms with E-state index in [0.717, 1.165) is 5.56 Å². The maximum Gasteiger partial charge on any atom is 0.309 e. The Morgan fingerprint density at radius 3 is 2.47 bits per heavy atom. The molecule has 1 aliphatic heterocycles. The van der Waals surface area contributed by atoms with Crippen LogP contribution in [0.25, 0.3) is 11.4 Å². The Labute approximate surface area is 189 Å². The molecule has 0 spiro atoms. The van der Waals surface area contributed by atoms with E-state index < -0.39 is 21.9 Å². The molecule has 0 amide bonds. The van der Waals surface area contributed by atoms with Crippen molar-refractivity contribution in [1.29, 1.82) is 0 Å². The summed E-state index contributed by atoms with van der Waals surface area (Å²) in [6, 6.07) is 6.94. The van der Waals surface area contributed by atoms with Crippen LogP contribution in [0.5, 0.6) is 0 Å². The summed E-state index contributed by atoms with van der Waals surface area (Å²) in [7, 11) is -3.73. The molecule has 0 saturated carbocycles. The Morgan fingerprint density at radius 1 is 1.16 bits per heavy atom. The van der Waals surface area contributed by atoms with Crippen molar-refractivity contribution in [1.82, 2.24) is 19.6 Å². The number of nitrogens with zero attached hydrogens (tertiary/aromatic N) is 4. The molecule has 0 atom stereocenters. The van der Waals surface area contributed by atoms with E-state index in [-0.39, 0.29) is 36.2 Å². The van der Waals surface area contributed by atoms with Crippen molar-refractivity contribution in [2.75, 3.05) is 13.1 Å². The maximum absolute atomic E-state index is 12.9. The zero-order chi connectivity index (χ0) is 22.9. The van der Waals surface area contributed by atoms with Crippen LogP contribution in [0.4, 0.5) is 0 Å². The second-order valence-corrected chi connectivity index (χ2v) is 9.77. The van der Waals surface area contributed by atoms with Crippen molar-refractivity contribution >= 4 is 27.6 Å². The Hall–Kier alpha value is -2.76. The van der Waals surface area contributed by atoms with Crippen LogP contribution in [0.15, 0.2) is 38.2 Å². The highest BCUT2D eigenvalue weighted by Gasteiger charge is 2.36. The summed E-state index contributed by atoms with van der Waals surface area (Å²) in [6.45, 7) is 3.40. The fourth-order valence-corrected chi connectivity index (χ4v) is 5.47. The number of hydrogen-bond acceptors (Lipinski definition) is 9. The molecule has 170 valence electrons. The predicted octanol–water partition coefficient (Wildman–Crippen LogP) is 3.14. The van der Waals surface area contributed by atoms with E-state index in [2.05, 4.69) is 15.3 Å². The Bertz CT molecular complexity index is 1190. The smallest absolute Gasteiger partial charge is 0.309 e. The van der Waals surface area contributed by atoms with Crippen LogP contribution in [-0.4, -0.2) is 47.1 Å². The highest BCUT2D eigenvalue weighted by molar-refractivity contribution is 7.89. The SMILES string of the molecule is Cc1noc(C)c1S(=O)(=O)N1CCC(C(=O)OCc2nc(-c3ccc(Cl)cc3)no2)CC1. The molecule has 0 N–H and O–H groups in total. The van der Waals surface area contributed by atoms with Gasteiger partial charge in [-0.2, -0.15) is 9.29 Å². The van der Waals surface area contributed by atoms with Crippen LogP contribution in [0, 0.1) is 19.8 Å². The van der Waals surface area contributed by atoms with Gasteiger partial charge < -0.3 is 13.8 Å². The number of rotatable bonds is 6. The van der Waals surface area contributed by atoms with Gasteiger partial charge in [-0.05, 0) is 51.0 Å². The molecule has 0 unspecified atom stereocenters. The van der Waals surface area contributed by atoms with E-state index in [1.165, 1.54) is 4.31 Å². The van der Waals surface area contributed by atoms with Crippen molar-refractivity contribution in [3.05, 3.63) is 46.6 Å². The topological polar surface area (TPSA) is 129 Å². The monoisotopic (exact) mass is 480 g/mol. The summed E-state index contributed by atoms with van der Waals surface area (Å²) in [4.78, 5) is 16.8. The number of aromatic nitrogens is 3. The van der Waals surface area contributed by atoms with E-state index in [1.54, 1.807) is 38.1 Å². The minimum absolute atomic E-state index is 0.0893. The van der Waals surface area contributed by atoms with E-state index in [9.17, 15) is 13.2 Å². The molecule has 12 heteroatoms. The van der Waals surface area contributed by atoms with E-state index in [0.29, 0.717) is 29.4 Å². The van der Waals surface area contributed by atoms with Crippen molar-refractivity contribution in [2.24, 2.45) is 5.92 Å². The number of ether oxygens (including phenoxy) is 1. The van der Waals surface area contributed by atoms with Crippen LogP contribution in [0.2, 0.25) is 5.02 Å². The second kappa shape index (κ2) is 9.00. The minimum atomic E-state index is -3.73. The van der Waals surface area contributed by atoms with Crippen molar-refractivity contribution in [3.8, 4) is 11.4 Å². The third kappa shape index (κ3) is 4.54. The van der Waals surface area contributed by atoms with Gasteiger partial charge in [0.1, 0.15) is 10.6 Å². The molecule has 1 saturated heterocycles. The lowest BCUT2D eigenvalue weighted by Crippen LogP contribution is -2.40. The van der Waals surface area contributed by atoms with E-state index >= 15 is 0 Å². The Balaban J connectivity index is 1.31. The summed E-state index contributed by atoms with van der Waals surface area (Å²) in [6.07, 6.45) is 0.697. The maximum atomic E-state index is 12.9. The number of carbonyl (C=O) groups is 1. The highest BCUT2D eigenvalue weighted by atomic mass is 35.5. The first-order chi connectivity index (χ1) is 15.3. The fourth-order valence-electron chi connectivity index (χ4n) is 3.58. The first-order valence-electron chi connectivity index (χ1n) is 9.94. The quantitative estimate of drug-likeness (QED) is 0.488. The van der Waals surface area contributed by atoms with Crippen LogP contribution in [0.1, 0.15) is 30.2 Å². The molecular weight excluding hydrogens is 460 g/mol. The van der Waals surface area contributed by atoms with Gasteiger partial charge in [0.25, 0.3) is 5.89 Å². The van der Waals surface area contributed by atoms with Crippen LogP contribution in [0.3, 0.4) is 0 Å². The number of esters is 1. The summed E-state index contributed by atoms with van der Waals surface area (Å²) in [5, 5.41) is 8.19. The normalized spacial score (nSPS) is 15.7. The van der Waals surface area contributed by atoms with Gasteiger partial charge in [-0.3, -0.25) is 4.79 Å². The predicted molar refractivity (Wildman–Crippen MR) is 112 cm³/mol. The second-order valence-electron chi connectivity index (χ2n) is 7.46. The van der Waals surface area contributed by atoms with E-state index in [4.69, 9.17) is 25.4 Å². The molecule has 3 heterocycles. The largest absolute Gasteiger partial charge is 0.455 e. The molecule has 0 radical (unpaired) electrons. The third-order valence-electron chi connectivity index (χ3n) is 5.26. The lowest BCUT2D eigenvalue weighted by Gasteiger charge is -2.29. The third-order valence-corrected chi connectivity index (χ3v) is 7.66. The molecule has 3 aromatic rings. The lowest BCUT2D eigenvalue weighted by molar-refractivity contribution is -0.152. The molecule has 2 aromatic heterocycles. The average Bonchev–Trinajstić information content (AvgIpc) is 3.39. The molecule has 1 aromatic carbocycles. The van der Waals surface area contributed by atoms with Gasteiger partial charge in [-0.25, -0.2) is 8.42 Å². The molecule has 1 fully saturated rings. The van der Waals surface area contributed by atoms with Crippen molar-refractivity contribution in [2.45, 2.75) is 38.2 Å². The van der Waals surface area contributed by atoms with Gasteiger partial charge in [0.15, 0.2) is 12.4 Å². The standard InChI is InChI=1S/C20H21ClN4O6S/c1-12-18(13(2)30-23-12)32(27,28)25-9-7-15(8-10-25)20(26)29-11-17-22-19(24-31-17)14-3-5-16(21)6-4-14/h3-6,15H,7-11H2,1-2H3. The van der Waals surface area contributed by atoms with Gasteiger partial charge in [-0.1, -0.05) is 21.9 Å². The van der Waals surface area contributed by atoms with Gasteiger partial charge in [0, 0.05) is 23.7 Å². The summed E-state index contributed by atoms with van der Waals surface area (Å²) >= 11 is 5.87. The number of carbonyl (C=O) groups excluding carboxylic acids is 1. The van der Waals surface area contributed by atoms with Crippen molar-refractivity contribution < 1.29 is 27.0 Å². The Morgan fingerprint density at radius 2 is 1.84 bits per heavy atom. The Kier molecular flexibility index (Phi) is 6.31. The zero-order valence-electron chi connectivity index (χ0n) is 17.4. The van der Waals surface area contributed by atoms with Gasteiger partial charge >= 0.3 is 5.97 Å². The molecule has 10 nitrogen and oxygen atoms in total. The zero-order valence-corrected chi connectivity index (χ0v) is 19.0. The molecular formula is C20H21ClN4O6S. The lowest BCUT2D eigenvalue weighted by atomic mass is 9.98. The number of benzene rings is 1. The number of hydrogen-bond donors (Lipinski definition) is 0. The summed E-state index contributed by atoms with van der Waals surface area (Å²) in [5.74, 6) is -0.0516. The minimum Gasteiger partial charge on any atom is -0.455 e. The molecule has 32 heavy (non-hydrogen) atoms. The number of halogens is 1. The van der Waals surface area contributed by atoms with Gasteiger partial charge in [0.2, 0.25) is 15.8 Å².